The van der Waals surface area contributed by atoms with Gasteiger partial charge >= 0.3 is 0 Å². The second-order valence-corrected chi connectivity index (χ2v) is 4.86. The van der Waals surface area contributed by atoms with Gasteiger partial charge in [0.1, 0.15) is 12.1 Å². The Kier molecular flexibility index (Phi) is 3.58. The van der Waals surface area contributed by atoms with Crippen LogP contribution in [0.4, 0.5) is 5.69 Å². The second-order valence-electron chi connectivity index (χ2n) is 4.42. The summed E-state index contributed by atoms with van der Waals surface area (Å²) in [7, 11) is 0. The number of nitrogens with zero attached hydrogens (tertiary/aromatic N) is 1. The largest absolute Gasteiger partial charge is 0.438 e. The Balaban J connectivity index is 1.65. The maximum absolute atomic E-state index is 5.83. The molecule has 0 fully saturated rings. The molecule has 1 aromatic heterocycles. The summed E-state index contributed by atoms with van der Waals surface area (Å²) < 4.78 is 11.1. The zero-order chi connectivity index (χ0) is 13.9. The third-order valence-electron chi connectivity index (χ3n) is 2.90. The van der Waals surface area contributed by atoms with Gasteiger partial charge in [0.2, 0.25) is 5.89 Å². The van der Waals surface area contributed by atoms with Crippen molar-refractivity contribution in [2.45, 2.75) is 13.2 Å². The first-order valence-electron chi connectivity index (χ1n) is 6.18. The molecule has 0 atom stereocenters. The highest BCUT2D eigenvalue weighted by molar-refractivity contribution is 6.30. The molecule has 2 N–H and O–H groups in total. The van der Waals surface area contributed by atoms with Crippen molar-refractivity contribution in [2.24, 2.45) is 0 Å². The van der Waals surface area contributed by atoms with Gasteiger partial charge in [-0.2, -0.15) is 0 Å². The Morgan fingerprint density at radius 1 is 1.10 bits per heavy atom. The molecule has 3 aromatic rings. The molecule has 102 valence electrons. The molecule has 0 amide bonds. The molecular formula is C15H13ClN2O2. The van der Waals surface area contributed by atoms with E-state index in [0.717, 1.165) is 5.56 Å². The molecule has 0 unspecified atom stereocenters. The number of rotatable bonds is 4. The van der Waals surface area contributed by atoms with Crippen molar-refractivity contribution in [2.75, 3.05) is 5.73 Å². The first-order chi connectivity index (χ1) is 9.72. The van der Waals surface area contributed by atoms with Crippen LogP contribution in [0.25, 0.3) is 11.1 Å². The van der Waals surface area contributed by atoms with Crippen molar-refractivity contribution < 1.29 is 9.15 Å². The van der Waals surface area contributed by atoms with Crippen LogP contribution in [0.2, 0.25) is 5.02 Å². The SMILES string of the molecule is Nc1cccc2oc(COCc3ccc(Cl)cc3)nc12. The molecule has 1 heterocycles. The maximum Gasteiger partial charge on any atom is 0.221 e. The number of oxazole rings is 1. The highest BCUT2D eigenvalue weighted by atomic mass is 35.5. The molecular weight excluding hydrogens is 276 g/mol. The Hall–Kier alpha value is -2.04. The Bertz CT molecular complexity index is 722. The Morgan fingerprint density at radius 3 is 2.65 bits per heavy atom. The summed E-state index contributed by atoms with van der Waals surface area (Å²) in [5, 5.41) is 0.711. The predicted molar refractivity (Wildman–Crippen MR) is 78.4 cm³/mol. The number of ether oxygens (including phenoxy) is 1. The lowest BCUT2D eigenvalue weighted by Crippen LogP contribution is -1.94. The number of nitrogens with two attached hydrogens (primary N) is 1. The van der Waals surface area contributed by atoms with Crippen LogP contribution in [0.15, 0.2) is 46.9 Å². The van der Waals surface area contributed by atoms with Gasteiger partial charge in [0, 0.05) is 5.02 Å². The highest BCUT2D eigenvalue weighted by Crippen LogP contribution is 2.21. The van der Waals surface area contributed by atoms with Gasteiger partial charge in [0.25, 0.3) is 0 Å². The monoisotopic (exact) mass is 288 g/mol. The van der Waals surface area contributed by atoms with Crippen LogP contribution in [-0.4, -0.2) is 4.98 Å². The third-order valence-corrected chi connectivity index (χ3v) is 3.15. The fraction of sp³-hybridized carbons (Fsp3) is 0.133. The molecule has 0 spiro atoms. The molecule has 3 rings (SSSR count). The van der Waals surface area contributed by atoms with Gasteiger partial charge in [0.15, 0.2) is 5.58 Å². The van der Waals surface area contributed by atoms with E-state index in [0.29, 0.717) is 40.9 Å². The van der Waals surface area contributed by atoms with E-state index in [1.807, 2.05) is 36.4 Å². The molecule has 0 aliphatic heterocycles. The van der Waals surface area contributed by atoms with Gasteiger partial charge in [-0.15, -0.1) is 0 Å². The van der Waals surface area contributed by atoms with E-state index in [1.165, 1.54) is 0 Å². The number of halogens is 1. The number of aromatic nitrogens is 1. The van der Waals surface area contributed by atoms with Gasteiger partial charge in [-0.1, -0.05) is 29.8 Å². The van der Waals surface area contributed by atoms with Crippen molar-refractivity contribution >= 4 is 28.4 Å². The summed E-state index contributed by atoms with van der Waals surface area (Å²) in [6, 6.07) is 13.0. The fourth-order valence-electron chi connectivity index (χ4n) is 1.91. The van der Waals surface area contributed by atoms with Crippen molar-refractivity contribution in [3.8, 4) is 0 Å². The van der Waals surface area contributed by atoms with Crippen LogP contribution in [0.3, 0.4) is 0 Å². The van der Waals surface area contributed by atoms with Crippen LogP contribution >= 0.6 is 11.6 Å². The lowest BCUT2D eigenvalue weighted by atomic mass is 10.2. The standard InChI is InChI=1S/C15H13ClN2O2/c16-11-6-4-10(5-7-11)8-19-9-14-18-15-12(17)2-1-3-13(15)20-14/h1-7H,8-9,17H2. The minimum Gasteiger partial charge on any atom is -0.438 e. The predicted octanol–water partition coefficient (Wildman–Crippen LogP) is 3.78. The number of hydrogen-bond donors (Lipinski definition) is 1. The minimum absolute atomic E-state index is 0.302. The summed E-state index contributed by atoms with van der Waals surface area (Å²) in [5.74, 6) is 0.520. The molecule has 0 bridgehead atoms. The average molecular weight is 289 g/mol. The summed E-state index contributed by atoms with van der Waals surface area (Å²) in [6.45, 7) is 0.780. The number of fused-ring (bicyclic) bond motifs is 1. The van der Waals surface area contributed by atoms with Gasteiger partial charge in [0.05, 0.1) is 12.3 Å². The van der Waals surface area contributed by atoms with E-state index >= 15 is 0 Å². The molecule has 5 heteroatoms. The summed E-state index contributed by atoms with van der Waals surface area (Å²) in [6.07, 6.45) is 0. The Morgan fingerprint density at radius 2 is 1.90 bits per heavy atom. The van der Waals surface area contributed by atoms with Crippen molar-refractivity contribution in [1.82, 2.24) is 4.98 Å². The molecule has 20 heavy (non-hydrogen) atoms. The molecule has 0 aliphatic carbocycles. The molecule has 0 radical (unpaired) electrons. The highest BCUT2D eigenvalue weighted by Gasteiger charge is 2.08. The Labute approximate surface area is 121 Å². The van der Waals surface area contributed by atoms with E-state index < -0.39 is 0 Å². The van der Waals surface area contributed by atoms with Crippen LogP contribution in [0, 0.1) is 0 Å². The fourth-order valence-corrected chi connectivity index (χ4v) is 2.04. The topological polar surface area (TPSA) is 61.3 Å². The zero-order valence-electron chi connectivity index (χ0n) is 10.7. The number of benzene rings is 2. The summed E-state index contributed by atoms with van der Waals surface area (Å²) in [5.41, 5.74) is 8.83. The minimum atomic E-state index is 0.302. The number of hydrogen-bond acceptors (Lipinski definition) is 4. The number of para-hydroxylation sites is 1. The van der Waals surface area contributed by atoms with E-state index in [4.69, 9.17) is 26.5 Å². The van der Waals surface area contributed by atoms with Crippen LogP contribution in [0.1, 0.15) is 11.5 Å². The van der Waals surface area contributed by atoms with E-state index in [9.17, 15) is 0 Å². The summed E-state index contributed by atoms with van der Waals surface area (Å²) >= 11 is 5.82. The summed E-state index contributed by atoms with van der Waals surface area (Å²) in [4.78, 5) is 4.32. The van der Waals surface area contributed by atoms with Crippen molar-refractivity contribution in [3.63, 3.8) is 0 Å². The maximum atomic E-state index is 5.83. The molecule has 2 aromatic carbocycles. The van der Waals surface area contributed by atoms with E-state index in [-0.39, 0.29) is 0 Å². The van der Waals surface area contributed by atoms with Crippen LogP contribution in [0.5, 0.6) is 0 Å². The van der Waals surface area contributed by atoms with Crippen molar-refractivity contribution in [3.05, 3.63) is 58.9 Å². The lowest BCUT2D eigenvalue weighted by Gasteiger charge is -2.01. The van der Waals surface area contributed by atoms with Crippen LogP contribution < -0.4 is 5.73 Å². The molecule has 4 nitrogen and oxygen atoms in total. The molecule has 0 aliphatic rings. The molecule has 0 saturated heterocycles. The number of nitrogen functional groups attached to an aromatic ring is 1. The quantitative estimate of drug-likeness (QED) is 0.742. The average Bonchev–Trinajstić information content (AvgIpc) is 2.85. The van der Waals surface area contributed by atoms with Gasteiger partial charge in [-0.3, -0.25) is 0 Å². The second kappa shape index (κ2) is 5.53. The van der Waals surface area contributed by atoms with Crippen molar-refractivity contribution in [1.29, 1.82) is 0 Å². The first kappa shape index (κ1) is 13.0. The molecule has 0 saturated carbocycles. The lowest BCUT2D eigenvalue weighted by molar-refractivity contribution is 0.0907. The smallest absolute Gasteiger partial charge is 0.221 e. The first-order valence-corrected chi connectivity index (χ1v) is 6.56. The van der Waals surface area contributed by atoms with Gasteiger partial charge in [-0.25, -0.2) is 4.98 Å². The van der Waals surface area contributed by atoms with E-state index in [1.54, 1.807) is 6.07 Å². The normalized spacial score (nSPS) is 11.1. The zero-order valence-corrected chi connectivity index (χ0v) is 11.4. The number of anilines is 1. The van der Waals surface area contributed by atoms with Gasteiger partial charge < -0.3 is 14.9 Å². The van der Waals surface area contributed by atoms with E-state index in [2.05, 4.69) is 4.98 Å². The third kappa shape index (κ3) is 2.76. The van der Waals surface area contributed by atoms with Crippen LogP contribution in [-0.2, 0) is 18.0 Å². The van der Waals surface area contributed by atoms with Gasteiger partial charge in [-0.05, 0) is 29.8 Å².